The van der Waals surface area contributed by atoms with Gasteiger partial charge < -0.3 is 18.8 Å². The third kappa shape index (κ3) is 3.94. The second-order valence-corrected chi connectivity index (χ2v) is 7.46. The van der Waals surface area contributed by atoms with Crippen molar-refractivity contribution in [2.75, 3.05) is 39.5 Å². The Balaban J connectivity index is 1.56. The lowest BCUT2D eigenvalue weighted by Gasteiger charge is -2.32. The summed E-state index contributed by atoms with van der Waals surface area (Å²) >= 11 is 0. The van der Waals surface area contributed by atoms with Crippen LogP contribution in [-0.2, 0) is 14.0 Å². The highest BCUT2D eigenvalue weighted by atomic mass is 16.7. The summed E-state index contributed by atoms with van der Waals surface area (Å²) in [5, 5.41) is 0. The lowest BCUT2D eigenvalue weighted by Crippen LogP contribution is -2.41. The summed E-state index contributed by atoms with van der Waals surface area (Å²) in [6.07, 6.45) is 0. The molecule has 0 saturated carbocycles. The molecule has 0 amide bonds. The molecular weight excluding hydrogens is 305 g/mol. The number of nitrogens with zero attached hydrogens (tertiary/aromatic N) is 1. The quantitative estimate of drug-likeness (QED) is 0.767. The van der Waals surface area contributed by atoms with Crippen LogP contribution in [0.3, 0.4) is 0 Å². The maximum Gasteiger partial charge on any atom is 0.494 e. The first-order valence-corrected chi connectivity index (χ1v) is 8.76. The average molecular weight is 333 g/mol. The van der Waals surface area contributed by atoms with Crippen LogP contribution in [0.2, 0.25) is 0 Å². The van der Waals surface area contributed by atoms with E-state index in [9.17, 15) is 0 Å². The second kappa shape index (κ2) is 7.04. The lowest BCUT2D eigenvalue weighted by molar-refractivity contribution is 0.00578. The van der Waals surface area contributed by atoms with E-state index in [4.69, 9.17) is 18.8 Å². The van der Waals surface area contributed by atoms with E-state index >= 15 is 0 Å². The molecule has 2 aliphatic heterocycles. The van der Waals surface area contributed by atoms with E-state index in [0.717, 1.165) is 44.1 Å². The zero-order chi connectivity index (χ0) is 17.2. The van der Waals surface area contributed by atoms with Crippen LogP contribution in [0.15, 0.2) is 24.3 Å². The molecule has 24 heavy (non-hydrogen) atoms. The maximum absolute atomic E-state index is 6.10. The van der Waals surface area contributed by atoms with Gasteiger partial charge in [0.2, 0.25) is 0 Å². The molecule has 1 aromatic rings. The van der Waals surface area contributed by atoms with Crippen molar-refractivity contribution in [3.8, 4) is 5.75 Å². The zero-order valence-corrected chi connectivity index (χ0v) is 15.2. The molecule has 2 aliphatic rings. The molecule has 0 radical (unpaired) electrons. The molecular formula is C18H28BNO4. The predicted molar refractivity (Wildman–Crippen MR) is 94.9 cm³/mol. The molecule has 3 rings (SSSR count). The Morgan fingerprint density at radius 3 is 2.42 bits per heavy atom. The third-order valence-corrected chi connectivity index (χ3v) is 5.16. The van der Waals surface area contributed by atoms with Crippen molar-refractivity contribution < 1.29 is 18.8 Å². The molecule has 2 saturated heterocycles. The molecule has 0 bridgehead atoms. The van der Waals surface area contributed by atoms with Gasteiger partial charge in [-0.3, -0.25) is 4.90 Å². The van der Waals surface area contributed by atoms with Crippen LogP contribution in [0.25, 0.3) is 0 Å². The van der Waals surface area contributed by atoms with Crippen LogP contribution in [0.1, 0.15) is 27.7 Å². The summed E-state index contributed by atoms with van der Waals surface area (Å²) < 4.78 is 23.5. The van der Waals surface area contributed by atoms with Crippen LogP contribution < -0.4 is 10.2 Å². The number of ether oxygens (including phenoxy) is 2. The lowest BCUT2D eigenvalue weighted by atomic mass is 9.79. The third-order valence-electron chi connectivity index (χ3n) is 5.16. The molecule has 5 nitrogen and oxygen atoms in total. The van der Waals surface area contributed by atoms with Crippen molar-refractivity contribution in [1.29, 1.82) is 0 Å². The Hall–Kier alpha value is -1.08. The van der Waals surface area contributed by atoms with Gasteiger partial charge in [-0.05, 0) is 45.3 Å². The van der Waals surface area contributed by atoms with Gasteiger partial charge in [-0.15, -0.1) is 0 Å². The number of benzene rings is 1. The van der Waals surface area contributed by atoms with Gasteiger partial charge in [-0.1, -0.05) is 12.1 Å². The summed E-state index contributed by atoms with van der Waals surface area (Å²) in [6, 6.07) is 8.01. The van der Waals surface area contributed by atoms with Gasteiger partial charge in [0.15, 0.2) is 0 Å². The summed E-state index contributed by atoms with van der Waals surface area (Å²) in [5.41, 5.74) is 0.341. The first-order valence-electron chi connectivity index (χ1n) is 8.76. The summed E-state index contributed by atoms with van der Waals surface area (Å²) in [4.78, 5) is 2.36. The van der Waals surface area contributed by atoms with Gasteiger partial charge in [-0.2, -0.15) is 0 Å². The largest absolute Gasteiger partial charge is 0.494 e. The van der Waals surface area contributed by atoms with Crippen molar-refractivity contribution in [3.05, 3.63) is 24.3 Å². The highest BCUT2D eigenvalue weighted by molar-refractivity contribution is 6.62. The zero-order valence-electron chi connectivity index (χ0n) is 15.2. The predicted octanol–water partition coefficient (Wildman–Crippen LogP) is 1.70. The van der Waals surface area contributed by atoms with E-state index in [2.05, 4.69) is 32.6 Å². The molecule has 2 fully saturated rings. The highest BCUT2D eigenvalue weighted by Gasteiger charge is 2.51. The SMILES string of the molecule is CC1(C)OB(c2cccc(OCCN3CCOCC3)c2)OC1(C)C. The minimum Gasteiger partial charge on any atom is -0.492 e. The van der Waals surface area contributed by atoms with E-state index < -0.39 is 0 Å². The minimum atomic E-state index is -0.349. The van der Waals surface area contributed by atoms with Crippen LogP contribution in [0.4, 0.5) is 0 Å². The minimum absolute atomic E-state index is 0.329. The van der Waals surface area contributed by atoms with Crippen molar-refractivity contribution in [3.63, 3.8) is 0 Å². The van der Waals surface area contributed by atoms with Crippen LogP contribution in [-0.4, -0.2) is 62.7 Å². The number of hydrogen-bond donors (Lipinski definition) is 0. The molecule has 1 aromatic carbocycles. The smallest absolute Gasteiger partial charge is 0.492 e. The van der Waals surface area contributed by atoms with E-state index in [0.29, 0.717) is 6.61 Å². The van der Waals surface area contributed by atoms with E-state index in [1.807, 2.05) is 24.3 Å². The van der Waals surface area contributed by atoms with E-state index in [-0.39, 0.29) is 18.3 Å². The molecule has 0 aromatic heterocycles. The Labute approximate surface area is 145 Å². The fraction of sp³-hybridized carbons (Fsp3) is 0.667. The Bertz CT molecular complexity index is 542. The molecule has 0 atom stereocenters. The number of morpholine rings is 1. The van der Waals surface area contributed by atoms with Gasteiger partial charge in [0.1, 0.15) is 12.4 Å². The molecule has 0 spiro atoms. The Morgan fingerprint density at radius 1 is 1.08 bits per heavy atom. The first-order chi connectivity index (χ1) is 11.4. The summed E-state index contributed by atoms with van der Waals surface area (Å²) in [5.74, 6) is 0.857. The number of hydrogen-bond acceptors (Lipinski definition) is 5. The van der Waals surface area contributed by atoms with Crippen LogP contribution in [0, 0.1) is 0 Å². The molecule has 2 heterocycles. The summed E-state index contributed by atoms with van der Waals surface area (Å²) in [7, 11) is -0.349. The van der Waals surface area contributed by atoms with Gasteiger partial charge in [0.25, 0.3) is 0 Å². The standard InChI is InChI=1S/C18H28BNO4/c1-17(2)18(3,4)24-19(23-17)15-6-5-7-16(14-15)22-13-10-20-8-11-21-12-9-20/h5-7,14H,8-13H2,1-4H3. The number of rotatable bonds is 5. The van der Waals surface area contributed by atoms with Gasteiger partial charge in [0, 0.05) is 19.6 Å². The topological polar surface area (TPSA) is 40.2 Å². The summed E-state index contributed by atoms with van der Waals surface area (Å²) in [6.45, 7) is 13.5. The molecule has 0 aliphatic carbocycles. The van der Waals surface area contributed by atoms with E-state index in [1.165, 1.54) is 0 Å². The van der Waals surface area contributed by atoms with Crippen molar-refractivity contribution in [1.82, 2.24) is 4.90 Å². The van der Waals surface area contributed by atoms with E-state index in [1.54, 1.807) is 0 Å². The fourth-order valence-electron chi connectivity index (χ4n) is 2.85. The van der Waals surface area contributed by atoms with Gasteiger partial charge >= 0.3 is 7.12 Å². The maximum atomic E-state index is 6.10. The Morgan fingerprint density at radius 2 is 1.75 bits per heavy atom. The molecule has 132 valence electrons. The highest BCUT2D eigenvalue weighted by Crippen LogP contribution is 2.36. The molecule has 0 N–H and O–H groups in total. The molecule has 0 unspecified atom stereocenters. The average Bonchev–Trinajstić information content (AvgIpc) is 2.77. The van der Waals surface area contributed by atoms with Crippen LogP contribution >= 0.6 is 0 Å². The fourth-order valence-corrected chi connectivity index (χ4v) is 2.85. The normalized spacial score (nSPS) is 23.4. The van der Waals surface area contributed by atoms with Gasteiger partial charge in [0.05, 0.1) is 24.4 Å². The van der Waals surface area contributed by atoms with Crippen molar-refractivity contribution >= 4 is 12.6 Å². The molecule has 6 heteroatoms. The Kier molecular flexibility index (Phi) is 5.20. The van der Waals surface area contributed by atoms with Crippen molar-refractivity contribution in [2.45, 2.75) is 38.9 Å². The van der Waals surface area contributed by atoms with Crippen molar-refractivity contribution in [2.24, 2.45) is 0 Å². The second-order valence-electron chi connectivity index (χ2n) is 7.46. The van der Waals surface area contributed by atoms with Crippen LogP contribution in [0.5, 0.6) is 5.75 Å². The first kappa shape index (κ1) is 17.7. The monoisotopic (exact) mass is 333 g/mol. The van der Waals surface area contributed by atoms with Gasteiger partial charge in [-0.25, -0.2) is 0 Å².